The number of aryl methyl sites for hydroxylation is 2. The number of thioether (sulfide) groups is 1. The summed E-state index contributed by atoms with van der Waals surface area (Å²) in [6, 6.07) is 21.2. The molecular weight excluding hydrogens is 472 g/mol. The molecule has 0 saturated heterocycles. The van der Waals surface area contributed by atoms with Gasteiger partial charge < -0.3 is 14.8 Å². The van der Waals surface area contributed by atoms with Crippen molar-refractivity contribution in [2.45, 2.75) is 25.4 Å². The van der Waals surface area contributed by atoms with Crippen LogP contribution in [0.4, 0.5) is 5.69 Å². The van der Waals surface area contributed by atoms with Crippen molar-refractivity contribution in [1.82, 2.24) is 15.2 Å². The van der Waals surface area contributed by atoms with Gasteiger partial charge in [-0.3, -0.25) is 4.79 Å². The molecule has 0 radical (unpaired) electrons. The fourth-order valence-electron chi connectivity index (χ4n) is 3.54. The van der Waals surface area contributed by atoms with E-state index >= 15 is 0 Å². The van der Waals surface area contributed by atoms with Gasteiger partial charge in [0.05, 0.1) is 14.2 Å². The van der Waals surface area contributed by atoms with E-state index in [9.17, 15) is 4.79 Å². The van der Waals surface area contributed by atoms with E-state index in [0.717, 1.165) is 33.9 Å². The molecule has 3 aromatic carbocycles. The average Bonchev–Trinajstić information content (AvgIpc) is 2.91. The van der Waals surface area contributed by atoms with Crippen molar-refractivity contribution < 1.29 is 14.3 Å². The molecule has 1 amide bonds. The van der Waals surface area contributed by atoms with Crippen molar-refractivity contribution in [1.29, 1.82) is 0 Å². The largest absolute Gasteiger partial charge is 0.497 e. The minimum absolute atomic E-state index is 0.0519. The van der Waals surface area contributed by atoms with E-state index in [4.69, 9.17) is 14.5 Å². The van der Waals surface area contributed by atoms with Crippen LogP contribution < -0.4 is 14.8 Å². The maximum atomic E-state index is 12.4. The van der Waals surface area contributed by atoms with E-state index in [2.05, 4.69) is 15.5 Å². The molecule has 1 aromatic heterocycles. The van der Waals surface area contributed by atoms with E-state index in [0.29, 0.717) is 28.7 Å². The molecule has 8 heteroatoms. The van der Waals surface area contributed by atoms with E-state index in [1.165, 1.54) is 17.3 Å². The number of rotatable bonds is 9. The second-order valence-corrected chi connectivity index (χ2v) is 9.26. The van der Waals surface area contributed by atoms with Gasteiger partial charge in [-0.1, -0.05) is 17.8 Å². The lowest BCUT2D eigenvalue weighted by Crippen LogP contribution is -2.12. The Hall–Kier alpha value is -3.91. The highest BCUT2D eigenvalue weighted by Gasteiger charge is 2.15. The lowest BCUT2D eigenvalue weighted by molar-refractivity contribution is -0.115. The lowest BCUT2D eigenvalue weighted by atomic mass is 10.0. The Morgan fingerprint density at radius 2 is 1.42 bits per heavy atom. The smallest absolute Gasteiger partial charge is 0.225 e. The highest BCUT2D eigenvalue weighted by Crippen LogP contribution is 2.32. The van der Waals surface area contributed by atoms with Gasteiger partial charge in [-0.15, -0.1) is 10.2 Å². The van der Waals surface area contributed by atoms with Gasteiger partial charge in [0, 0.05) is 29.0 Å². The Kier molecular flexibility index (Phi) is 8.17. The summed E-state index contributed by atoms with van der Waals surface area (Å²) < 4.78 is 10.6. The van der Waals surface area contributed by atoms with E-state index in [1.54, 1.807) is 14.2 Å². The predicted octanol–water partition coefficient (Wildman–Crippen LogP) is 5.96. The van der Waals surface area contributed by atoms with Crippen LogP contribution >= 0.6 is 11.8 Å². The number of ether oxygens (including phenoxy) is 2. The molecular formula is C28H28N4O3S. The summed E-state index contributed by atoms with van der Waals surface area (Å²) in [5.74, 6) is 2.00. The number of carbonyl (C=O) groups excluding carboxylic acids is 1. The lowest BCUT2D eigenvalue weighted by Gasteiger charge is -2.11. The van der Waals surface area contributed by atoms with Crippen molar-refractivity contribution in [2.24, 2.45) is 0 Å². The molecule has 0 saturated carbocycles. The zero-order valence-electron chi connectivity index (χ0n) is 20.7. The molecule has 0 spiro atoms. The number of amides is 1. The first-order valence-corrected chi connectivity index (χ1v) is 12.5. The van der Waals surface area contributed by atoms with Crippen LogP contribution in [0.1, 0.15) is 17.5 Å². The normalized spacial score (nSPS) is 10.7. The van der Waals surface area contributed by atoms with Crippen LogP contribution in [-0.2, 0) is 4.79 Å². The van der Waals surface area contributed by atoms with Crippen LogP contribution in [0.5, 0.6) is 11.5 Å². The van der Waals surface area contributed by atoms with Crippen LogP contribution in [0.3, 0.4) is 0 Å². The fourth-order valence-corrected chi connectivity index (χ4v) is 4.27. The Morgan fingerprint density at radius 3 is 2.00 bits per heavy atom. The highest BCUT2D eigenvalue weighted by atomic mass is 32.2. The molecule has 0 aliphatic carbocycles. The molecule has 0 aliphatic heterocycles. The van der Waals surface area contributed by atoms with E-state index in [-0.39, 0.29) is 5.91 Å². The number of carbonyl (C=O) groups is 1. The topological polar surface area (TPSA) is 86.2 Å². The Balaban J connectivity index is 1.51. The number of methoxy groups -OCH3 is 2. The number of aromatic nitrogens is 3. The molecule has 0 bridgehead atoms. The minimum atomic E-state index is -0.0519. The van der Waals surface area contributed by atoms with Crippen LogP contribution in [0.15, 0.2) is 71.9 Å². The maximum absolute atomic E-state index is 12.4. The van der Waals surface area contributed by atoms with Crippen molar-refractivity contribution in [3.05, 3.63) is 77.9 Å². The Bertz CT molecular complexity index is 1340. The van der Waals surface area contributed by atoms with Crippen molar-refractivity contribution in [2.75, 3.05) is 25.3 Å². The summed E-state index contributed by atoms with van der Waals surface area (Å²) in [5.41, 5.74) is 6.29. The third-order valence-corrected chi connectivity index (χ3v) is 6.58. The first-order valence-electron chi connectivity index (χ1n) is 11.5. The van der Waals surface area contributed by atoms with Crippen molar-refractivity contribution in [3.8, 4) is 34.0 Å². The molecule has 0 unspecified atom stereocenters. The standard InChI is InChI=1S/C28H28N4O3S/c1-18-5-10-22(17-19(18)2)29-25(33)15-16-36-28-30-26(20-6-11-23(34-3)12-7-20)27(31-32-28)21-8-13-24(35-4)14-9-21/h5-14,17H,15-16H2,1-4H3,(H,29,33). The molecule has 184 valence electrons. The van der Waals surface area contributed by atoms with Crippen LogP contribution in [0, 0.1) is 13.8 Å². The van der Waals surface area contributed by atoms with E-state index in [1.807, 2.05) is 80.6 Å². The van der Waals surface area contributed by atoms with Crippen LogP contribution in [-0.4, -0.2) is 41.1 Å². The van der Waals surface area contributed by atoms with Crippen molar-refractivity contribution in [3.63, 3.8) is 0 Å². The van der Waals surface area contributed by atoms with Gasteiger partial charge in [-0.2, -0.15) is 0 Å². The zero-order valence-corrected chi connectivity index (χ0v) is 21.6. The molecule has 7 nitrogen and oxygen atoms in total. The summed E-state index contributed by atoms with van der Waals surface area (Å²) in [6.45, 7) is 4.08. The first kappa shape index (κ1) is 25.2. The third-order valence-electron chi connectivity index (χ3n) is 5.75. The van der Waals surface area contributed by atoms with Gasteiger partial charge in [0.2, 0.25) is 11.1 Å². The first-order chi connectivity index (χ1) is 17.5. The number of hydrogen-bond acceptors (Lipinski definition) is 7. The molecule has 0 atom stereocenters. The highest BCUT2D eigenvalue weighted by molar-refractivity contribution is 7.99. The molecule has 0 aliphatic rings. The summed E-state index contributed by atoms with van der Waals surface area (Å²) in [7, 11) is 3.27. The number of nitrogens with one attached hydrogen (secondary N) is 1. The summed E-state index contributed by atoms with van der Waals surface area (Å²) >= 11 is 1.40. The van der Waals surface area contributed by atoms with Gasteiger partial charge in [0.15, 0.2) is 0 Å². The number of anilines is 1. The molecule has 0 fully saturated rings. The van der Waals surface area contributed by atoms with Crippen LogP contribution in [0.2, 0.25) is 0 Å². The summed E-state index contributed by atoms with van der Waals surface area (Å²) in [4.78, 5) is 17.2. The quantitative estimate of drug-likeness (QED) is 0.284. The van der Waals surface area contributed by atoms with Crippen LogP contribution in [0.25, 0.3) is 22.5 Å². The zero-order chi connectivity index (χ0) is 25.5. The maximum Gasteiger partial charge on any atom is 0.225 e. The molecule has 1 heterocycles. The molecule has 4 rings (SSSR count). The minimum Gasteiger partial charge on any atom is -0.497 e. The van der Waals surface area contributed by atoms with Gasteiger partial charge >= 0.3 is 0 Å². The number of hydrogen-bond donors (Lipinski definition) is 1. The molecule has 4 aromatic rings. The predicted molar refractivity (Wildman–Crippen MR) is 144 cm³/mol. The second-order valence-electron chi connectivity index (χ2n) is 8.19. The number of benzene rings is 3. The summed E-state index contributed by atoms with van der Waals surface area (Å²) in [6.07, 6.45) is 0.332. The fraction of sp³-hybridized carbons (Fsp3) is 0.214. The molecule has 1 N–H and O–H groups in total. The van der Waals surface area contributed by atoms with Gasteiger partial charge in [0.25, 0.3) is 0 Å². The third kappa shape index (κ3) is 6.20. The van der Waals surface area contributed by atoms with Gasteiger partial charge in [-0.05, 0) is 85.6 Å². The Morgan fingerprint density at radius 1 is 0.806 bits per heavy atom. The van der Waals surface area contributed by atoms with Gasteiger partial charge in [0.1, 0.15) is 22.9 Å². The summed E-state index contributed by atoms with van der Waals surface area (Å²) in [5, 5.41) is 12.3. The second kappa shape index (κ2) is 11.7. The number of nitrogens with zero attached hydrogens (tertiary/aromatic N) is 3. The SMILES string of the molecule is COc1ccc(-c2nnc(SCCC(=O)Nc3ccc(C)c(C)c3)nc2-c2ccc(OC)cc2)cc1. The van der Waals surface area contributed by atoms with E-state index < -0.39 is 0 Å². The monoisotopic (exact) mass is 500 g/mol. The van der Waals surface area contributed by atoms with Gasteiger partial charge in [-0.25, -0.2) is 4.98 Å². The van der Waals surface area contributed by atoms with Crippen molar-refractivity contribution >= 4 is 23.4 Å². The Labute approximate surface area is 215 Å². The molecule has 36 heavy (non-hydrogen) atoms. The average molecular weight is 501 g/mol.